The Morgan fingerprint density at radius 3 is 2.07 bits per heavy atom. The number of aryl methyl sites for hydroxylation is 1. The SMILES string of the molecule is CO[Si-](CCc1ccncc1)(OC)OC. The number of hydrogen-bond donors (Lipinski definition) is 0. The van der Waals surface area contributed by atoms with Gasteiger partial charge in [0, 0.05) is 12.4 Å². The van der Waals surface area contributed by atoms with E-state index in [-0.39, 0.29) is 0 Å². The number of pyridine rings is 1. The lowest BCUT2D eigenvalue weighted by Gasteiger charge is -2.38. The Bertz CT molecular complexity index is 269. The van der Waals surface area contributed by atoms with Gasteiger partial charge >= 0.3 is 0 Å². The number of nitrogens with zero attached hydrogens (tertiary/aromatic N) is 1. The first-order valence-electron chi connectivity index (χ1n) is 4.80. The van der Waals surface area contributed by atoms with Crippen LogP contribution in [-0.2, 0) is 19.7 Å². The molecular weight excluding hydrogens is 210 g/mol. The zero-order valence-electron chi connectivity index (χ0n) is 9.40. The van der Waals surface area contributed by atoms with Gasteiger partial charge in [0.25, 0.3) is 8.80 Å². The van der Waals surface area contributed by atoms with Crippen molar-refractivity contribution in [3.63, 3.8) is 0 Å². The van der Waals surface area contributed by atoms with Gasteiger partial charge in [-0.25, -0.2) is 0 Å². The van der Waals surface area contributed by atoms with Crippen molar-refractivity contribution in [2.45, 2.75) is 12.5 Å². The van der Waals surface area contributed by atoms with Crippen molar-refractivity contribution in [3.05, 3.63) is 30.1 Å². The Kier molecular flexibility index (Phi) is 4.90. The molecular formula is C10H17NO3Si-. The number of hydrogen-bond acceptors (Lipinski definition) is 4. The second-order valence-corrected chi connectivity index (χ2v) is 6.24. The molecule has 0 aromatic carbocycles. The summed E-state index contributed by atoms with van der Waals surface area (Å²) in [7, 11) is 2.47. The Labute approximate surface area is 91.6 Å². The molecule has 1 aromatic rings. The highest BCUT2D eigenvalue weighted by Crippen LogP contribution is 2.15. The van der Waals surface area contributed by atoms with Crippen LogP contribution in [0, 0.1) is 0 Å². The molecule has 0 amide bonds. The van der Waals surface area contributed by atoms with E-state index in [1.54, 1.807) is 33.7 Å². The fourth-order valence-electron chi connectivity index (χ4n) is 1.40. The van der Waals surface area contributed by atoms with E-state index in [0.29, 0.717) is 0 Å². The largest absolute Gasteiger partial charge is 0.527 e. The Morgan fingerprint density at radius 1 is 1.07 bits per heavy atom. The minimum Gasteiger partial charge on any atom is -0.527 e. The van der Waals surface area contributed by atoms with Crippen LogP contribution in [0.2, 0.25) is 6.04 Å². The lowest BCUT2D eigenvalue weighted by Crippen LogP contribution is -2.43. The van der Waals surface area contributed by atoms with Crippen molar-refractivity contribution in [3.8, 4) is 0 Å². The molecule has 0 saturated carbocycles. The zero-order chi connectivity index (χ0) is 11.1. The summed E-state index contributed by atoms with van der Waals surface area (Å²) in [4.78, 5) is 3.97. The van der Waals surface area contributed by atoms with E-state index >= 15 is 0 Å². The van der Waals surface area contributed by atoms with Crippen molar-refractivity contribution >= 4 is 8.80 Å². The monoisotopic (exact) mass is 227 g/mol. The van der Waals surface area contributed by atoms with Gasteiger partial charge in [-0.15, -0.1) is 0 Å². The molecule has 1 heterocycles. The van der Waals surface area contributed by atoms with Crippen LogP contribution in [0.1, 0.15) is 5.56 Å². The Balaban J connectivity index is 2.54. The Morgan fingerprint density at radius 2 is 1.60 bits per heavy atom. The summed E-state index contributed by atoms with van der Waals surface area (Å²) in [6.07, 6.45) is 4.44. The summed E-state index contributed by atoms with van der Waals surface area (Å²) in [6.45, 7) is 0. The fourth-order valence-corrected chi connectivity index (χ4v) is 3.11. The van der Waals surface area contributed by atoms with Crippen molar-refractivity contribution in [2.75, 3.05) is 21.3 Å². The first kappa shape index (κ1) is 12.3. The standard InChI is InChI=1S/C10H17NO3Si/c1-12-15(13-2,14-3)9-6-10-4-7-11-8-5-10/h4-5,7-8H,6,9H2,1-3H3/q-1. The smallest absolute Gasteiger partial charge is 0.280 e. The molecule has 0 fully saturated rings. The molecule has 0 atom stereocenters. The van der Waals surface area contributed by atoms with E-state index in [1.807, 2.05) is 12.1 Å². The van der Waals surface area contributed by atoms with E-state index in [2.05, 4.69) is 4.98 Å². The van der Waals surface area contributed by atoms with E-state index in [9.17, 15) is 0 Å². The van der Waals surface area contributed by atoms with Gasteiger partial charge in [0.15, 0.2) is 0 Å². The van der Waals surface area contributed by atoms with Crippen LogP contribution in [0.15, 0.2) is 24.5 Å². The predicted octanol–water partition coefficient (Wildman–Crippen LogP) is 1.50. The summed E-state index contributed by atoms with van der Waals surface area (Å²) in [5.41, 5.74) is 1.22. The first-order valence-corrected chi connectivity index (χ1v) is 6.74. The van der Waals surface area contributed by atoms with Crippen molar-refractivity contribution < 1.29 is 13.3 Å². The molecule has 0 N–H and O–H groups in total. The third-order valence-electron chi connectivity index (χ3n) is 2.40. The highest BCUT2D eigenvalue weighted by Gasteiger charge is 2.21. The minimum absolute atomic E-state index is 0.778. The second kappa shape index (κ2) is 5.97. The van der Waals surface area contributed by atoms with Gasteiger partial charge in [-0.05, 0) is 45.4 Å². The summed E-state index contributed by atoms with van der Waals surface area (Å²) >= 11 is 0. The molecule has 0 aliphatic carbocycles. The molecule has 0 saturated heterocycles. The normalized spacial score (nSPS) is 11.7. The van der Waals surface area contributed by atoms with Crippen molar-refractivity contribution in [2.24, 2.45) is 0 Å². The molecule has 0 bridgehead atoms. The van der Waals surface area contributed by atoms with Crippen LogP contribution >= 0.6 is 0 Å². The molecule has 5 heteroatoms. The van der Waals surface area contributed by atoms with Gasteiger partial charge in [0.05, 0.1) is 0 Å². The maximum Gasteiger partial charge on any atom is 0.280 e. The quantitative estimate of drug-likeness (QED) is 0.691. The van der Waals surface area contributed by atoms with Gasteiger partial charge in [0.2, 0.25) is 0 Å². The van der Waals surface area contributed by atoms with E-state index < -0.39 is 8.80 Å². The zero-order valence-corrected chi connectivity index (χ0v) is 10.4. The summed E-state index contributed by atoms with van der Waals surface area (Å²) in [6, 6.07) is 4.75. The van der Waals surface area contributed by atoms with Crippen LogP contribution < -0.4 is 0 Å². The molecule has 1 aromatic heterocycles. The molecule has 0 unspecified atom stereocenters. The third-order valence-corrected chi connectivity index (χ3v) is 5.13. The summed E-state index contributed by atoms with van der Waals surface area (Å²) < 4.78 is 16.0. The second-order valence-electron chi connectivity index (χ2n) is 3.15. The average molecular weight is 227 g/mol. The highest BCUT2D eigenvalue weighted by molar-refractivity contribution is 6.60. The van der Waals surface area contributed by atoms with Crippen LogP contribution in [0.25, 0.3) is 0 Å². The van der Waals surface area contributed by atoms with Gasteiger partial charge in [0.1, 0.15) is 0 Å². The average Bonchev–Trinajstić information content (AvgIpc) is 2.33. The molecule has 1 rings (SSSR count). The maximum absolute atomic E-state index is 5.34. The molecule has 15 heavy (non-hydrogen) atoms. The first-order chi connectivity index (χ1) is 7.26. The molecule has 0 spiro atoms. The van der Waals surface area contributed by atoms with Crippen LogP contribution in [-0.4, -0.2) is 35.1 Å². The van der Waals surface area contributed by atoms with E-state index in [1.165, 1.54) is 5.56 Å². The molecule has 0 radical (unpaired) electrons. The molecule has 0 aliphatic heterocycles. The van der Waals surface area contributed by atoms with Gasteiger partial charge in [-0.1, -0.05) is 6.04 Å². The molecule has 85 valence electrons. The number of aromatic nitrogens is 1. The lowest BCUT2D eigenvalue weighted by molar-refractivity contribution is 0.123. The summed E-state index contributed by atoms with van der Waals surface area (Å²) in [5.74, 6) is 0. The minimum atomic E-state index is -2.42. The van der Waals surface area contributed by atoms with E-state index in [4.69, 9.17) is 13.3 Å². The Hall–Kier alpha value is -0.753. The van der Waals surface area contributed by atoms with Crippen LogP contribution in [0.5, 0.6) is 0 Å². The van der Waals surface area contributed by atoms with Crippen molar-refractivity contribution in [1.29, 1.82) is 0 Å². The highest BCUT2D eigenvalue weighted by atomic mass is 28.4. The number of rotatable bonds is 6. The predicted molar refractivity (Wildman–Crippen MR) is 59.5 cm³/mol. The van der Waals surface area contributed by atoms with Gasteiger partial charge < -0.3 is 13.3 Å². The fraction of sp³-hybridized carbons (Fsp3) is 0.500. The van der Waals surface area contributed by atoms with Crippen LogP contribution in [0.4, 0.5) is 0 Å². The molecule has 0 aliphatic rings. The third kappa shape index (κ3) is 3.39. The molecule has 4 nitrogen and oxygen atoms in total. The van der Waals surface area contributed by atoms with Gasteiger partial charge in [-0.3, -0.25) is 4.98 Å². The van der Waals surface area contributed by atoms with E-state index in [0.717, 1.165) is 12.5 Å². The maximum atomic E-state index is 5.34. The summed E-state index contributed by atoms with van der Waals surface area (Å²) in [5, 5.41) is 0. The lowest BCUT2D eigenvalue weighted by atomic mass is 10.2. The van der Waals surface area contributed by atoms with Crippen LogP contribution in [0.3, 0.4) is 0 Å². The van der Waals surface area contributed by atoms with Crippen molar-refractivity contribution in [1.82, 2.24) is 4.98 Å². The van der Waals surface area contributed by atoms with Gasteiger partial charge in [-0.2, -0.15) is 0 Å². The topological polar surface area (TPSA) is 40.6 Å².